The summed E-state index contributed by atoms with van der Waals surface area (Å²) >= 11 is 0. The van der Waals surface area contributed by atoms with Crippen LogP contribution in [0.4, 0.5) is 10.5 Å². The Balaban J connectivity index is 1.65. The number of hydrogen-bond donors (Lipinski definition) is 2. The van der Waals surface area contributed by atoms with Crippen LogP contribution in [0.25, 0.3) is 6.08 Å². The predicted octanol–water partition coefficient (Wildman–Crippen LogP) is 3.31. The minimum atomic E-state index is -0.625. The number of carbonyl (C=O) groups excluding carboxylic acids is 3. The molecule has 7 nitrogen and oxygen atoms in total. The Morgan fingerprint density at radius 3 is 2.55 bits per heavy atom. The summed E-state index contributed by atoms with van der Waals surface area (Å²) < 4.78 is 5.58. The largest absolute Gasteiger partial charge is 0.491 e. The van der Waals surface area contributed by atoms with Gasteiger partial charge in [0.25, 0.3) is 5.91 Å². The summed E-state index contributed by atoms with van der Waals surface area (Å²) in [7, 11) is 0. The van der Waals surface area contributed by atoms with Crippen LogP contribution in [-0.4, -0.2) is 35.4 Å². The topological polar surface area (TPSA) is 87.7 Å². The molecule has 1 fully saturated rings. The first-order chi connectivity index (χ1) is 13.8. The monoisotopic (exact) mass is 393 g/mol. The lowest BCUT2D eigenvalue weighted by atomic mass is 10.2. The van der Waals surface area contributed by atoms with E-state index in [1.165, 1.54) is 0 Å². The molecule has 0 spiro atoms. The van der Waals surface area contributed by atoms with Crippen molar-refractivity contribution in [1.29, 1.82) is 0 Å². The van der Waals surface area contributed by atoms with Gasteiger partial charge in [0.15, 0.2) is 0 Å². The van der Waals surface area contributed by atoms with Crippen LogP contribution in [0.2, 0.25) is 0 Å². The summed E-state index contributed by atoms with van der Waals surface area (Å²) in [5.41, 5.74) is 2.46. The zero-order chi connectivity index (χ0) is 21.0. The number of benzene rings is 2. The van der Waals surface area contributed by atoms with Crippen LogP contribution < -0.4 is 15.4 Å². The molecule has 2 aromatic carbocycles. The summed E-state index contributed by atoms with van der Waals surface area (Å²) in [5, 5.41) is 5.21. The van der Waals surface area contributed by atoms with Gasteiger partial charge in [0.1, 0.15) is 18.0 Å². The summed E-state index contributed by atoms with van der Waals surface area (Å²) in [5.74, 6) is -0.272. The zero-order valence-electron chi connectivity index (χ0n) is 16.6. The van der Waals surface area contributed by atoms with Crippen molar-refractivity contribution in [3.8, 4) is 5.75 Å². The molecule has 1 saturated heterocycles. The lowest BCUT2D eigenvalue weighted by Gasteiger charge is -2.12. The van der Waals surface area contributed by atoms with Crippen molar-refractivity contribution in [3.63, 3.8) is 0 Å². The molecule has 7 heteroatoms. The normalized spacial score (nSPS) is 15.0. The van der Waals surface area contributed by atoms with E-state index < -0.39 is 17.8 Å². The van der Waals surface area contributed by atoms with Gasteiger partial charge in [-0.15, -0.1) is 0 Å². The Morgan fingerprint density at radius 2 is 1.90 bits per heavy atom. The van der Waals surface area contributed by atoms with E-state index in [4.69, 9.17) is 4.74 Å². The molecule has 150 valence electrons. The standard InChI is InChI=1S/C22H23N3O4/c1-14(2)29-18-9-7-16(8-10-18)12-19-21(27)25(22(28)24-19)13-20(26)23-17-6-4-5-15(3)11-17/h4-12,14H,13H2,1-3H3,(H,23,26)(H,24,28)/b19-12-. The maximum atomic E-state index is 12.5. The second-order valence-electron chi connectivity index (χ2n) is 7.03. The van der Waals surface area contributed by atoms with Crippen LogP contribution in [-0.2, 0) is 9.59 Å². The predicted molar refractivity (Wildman–Crippen MR) is 110 cm³/mol. The molecule has 1 heterocycles. The molecule has 2 N–H and O–H groups in total. The Bertz CT molecular complexity index is 964. The number of rotatable bonds is 6. The summed E-state index contributed by atoms with van der Waals surface area (Å²) in [6, 6.07) is 13.8. The van der Waals surface area contributed by atoms with E-state index >= 15 is 0 Å². The van der Waals surface area contributed by atoms with Gasteiger partial charge in [0.05, 0.1) is 6.10 Å². The van der Waals surface area contributed by atoms with Crippen LogP contribution in [0.5, 0.6) is 5.75 Å². The smallest absolute Gasteiger partial charge is 0.329 e. The third kappa shape index (κ3) is 5.22. The van der Waals surface area contributed by atoms with E-state index in [1.807, 2.05) is 39.0 Å². The highest BCUT2D eigenvalue weighted by Crippen LogP contribution is 2.18. The van der Waals surface area contributed by atoms with Crippen molar-refractivity contribution in [3.05, 3.63) is 65.4 Å². The molecular formula is C22H23N3O4. The highest BCUT2D eigenvalue weighted by Gasteiger charge is 2.34. The maximum Gasteiger partial charge on any atom is 0.329 e. The molecule has 0 aromatic heterocycles. The molecule has 0 saturated carbocycles. The molecule has 0 aliphatic carbocycles. The molecule has 2 aromatic rings. The SMILES string of the molecule is Cc1cccc(NC(=O)CN2C(=O)N/C(=C\c3ccc(OC(C)C)cc3)C2=O)c1. The van der Waals surface area contributed by atoms with Gasteiger partial charge < -0.3 is 15.4 Å². The fraction of sp³-hybridized carbons (Fsp3) is 0.227. The molecule has 0 unspecified atom stereocenters. The molecule has 4 amide bonds. The van der Waals surface area contributed by atoms with Crippen LogP contribution in [0.1, 0.15) is 25.0 Å². The summed E-state index contributed by atoms with van der Waals surface area (Å²) in [6.07, 6.45) is 1.63. The van der Waals surface area contributed by atoms with E-state index in [0.717, 1.165) is 21.8 Å². The Morgan fingerprint density at radius 1 is 1.17 bits per heavy atom. The van der Waals surface area contributed by atoms with E-state index in [0.29, 0.717) is 5.69 Å². The van der Waals surface area contributed by atoms with Gasteiger partial charge in [0, 0.05) is 5.69 Å². The number of imide groups is 1. The molecule has 3 rings (SSSR count). The first kappa shape index (κ1) is 20.1. The first-order valence-corrected chi connectivity index (χ1v) is 9.29. The molecule has 0 atom stereocenters. The molecule has 1 aliphatic heterocycles. The number of hydrogen-bond acceptors (Lipinski definition) is 4. The highest BCUT2D eigenvalue weighted by atomic mass is 16.5. The highest BCUT2D eigenvalue weighted by molar-refractivity contribution is 6.15. The van der Waals surface area contributed by atoms with Gasteiger partial charge in [-0.1, -0.05) is 24.3 Å². The van der Waals surface area contributed by atoms with Crippen LogP contribution in [0.3, 0.4) is 0 Å². The van der Waals surface area contributed by atoms with Crippen LogP contribution >= 0.6 is 0 Å². The number of aryl methyl sites for hydroxylation is 1. The van der Waals surface area contributed by atoms with E-state index in [1.54, 1.807) is 36.4 Å². The lowest BCUT2D eigenvalue weighted by molar-refractivity contribution is -0.127. The number of ether oxygens (including phenoxy) is 1. The quantitative estimate of drug-likeness (QED) is 0.582. The van der Waals surface area contributed by atoms with Gasteiger partial charge in [-0.25, -0.2) is 9.69 Å². The average molecular weight is 393 g/mol. The Hall–Kier alpha value is -3.61. The number of anilines is 1. The first-order valence-electron chi connectivity index (χ1n) is 9.29. The number of urea groups is 1. The zero-order valence-corrected chi connectivity index (χ0v) is 16.6. The number of nitrogens with one attached hydrogen (secondary N) is 2. The molecule has 0 radical (unpaired) electrons. The van der Waals surface area contributed by atoms with Gasteiger partial charge in [0.2, 0.25) is 5.91 Å². The van der Waals surface area contributed by atoms with Crippen molar-refractivity contribution < 1.29 is 19.1 Å². The average Bonchev–Trinajstić information content (AvgIpc) is 2.90. The maximum absolute atomic E-state index is 12.5. The third-order valence-electron chi connectivity index (χ3n) is 4.13. The van der Waals surface area contributed by atoms with Gasteiger partial charge >= 0.3 is 6.03 Å². The van der Waals surface area contributed by atoms with Crippen molar-refractivity contribution >= 4 is 29.6 Å². The fourth-order valence-corrected chi connectivity index (χ4v) is 2.86. The molecular weight excluding hydrogens is 370 g/mol. The fourth-order valence-electron chi connectivity index (χ4n) is 2.86. The van der Waals surface area contributed by atoms with Crippen LogP contribution in [0, 0.1) is 6.92 Å². The number of nitrogens with zero attached hydrogens (tertiary/aromatic N) is 1. The second-order valence-corrected chi connectivity index (χ2v) is 7.03. The van der Waals surface area contributed by atoms with Gasteiger partial charge in [-0.3, -0.25) is 9.59 Å². The Labute approximate surface area is 169 Å². The van der Waals surface area contributed by atoms with Crippen LogP contribution in [0.15, 0.2) is 54.2 Å². The van der Waals surface area contributed by atoms with Crippen molar-refractivity contribution in [2.75, 3.05) is 11.9 Å². The number of carbonyl (C=O) groups is 3. The summed E-state index contributed by atoms with van der Waals surface area (Å²) in [4.78, 5) is 37.8. The molecule has 0 bridgehead atoms. The third-order valence-corrected chi connectivity index (χ3v) is 4.13. The van der Waals surface area contributed by atoms with E-state index in [2.05, 4.69) is 10.6 Å². The minimum absolute atomic E-state index is 0.0643. The Kier molecular flexibility index (Phi) is 5.97. The van der Waals surface area contributed by atoms with E-state index in [9.17, 15) is 14.4 Å². The second kappa shape index (κ2) is 8.60. The molecule has 1 aliphatic rings. The van der Waals surface area contributed by atoms with E-state index in [-0.39, 0.29) is 18.3 Å². The lowest BCUT2D eigenvalue weighted by Crippen LogP contribution is -2.38. The van der Waals surface area contributed by atoms with Crippen molar-refractivity contribution in [2.45, 2.75) is 26.9 Å². The van der Waals surface area contributed by atoms with Crippen molar-refractivity contribution in [2.24, 2.45) is 0 Å². The van der Waals surface area contributed by atoms with Gasteiger partial charge in [-0.05, 0) is 62.2 Å². The molecule has 29 heavy (non-hydrogen) atoms. The summed E-state index contributed by atoms with van der Waals surface area (Å²) in [6.45, 7) is 5.42. The number of amides is 4. The van der Waals surface area contributed by atoms with Crippen molar-refractivity contribution in [1.82, 2.24) is 10.2 Å². The van der Waals surface area contributed by atoms with Gasteiger partial charge in [-0.2, -0.15) is 0 Å². The minimum Gasteiger partial charge on any atom is -0.491 e.